The molecule has 1 rings (SSSR count). The Kier molecular flexibility index (Phi) is 9.27. The zero-order chi connectivity index (χ0) is 18.8. The van der Waals surface area contributed by atoms with Gasteiger partial charge in [0.2, 0.25) is 5.91 Å². The van der Waals surface area contributed by atoms with Crippen molar-refractivity contribution >= 4 is 28.8 Å². The van der Waals surface area contributed by atoms with Crippen molar-refractivity contribution in [3.63, 3.8) is 0 Å². The Morgan fingerprint density at radius 3 is 2.32 bits per heavy atom. The van der Waals surface area contributed by atoms with Crippen molar-refractivity contribution in [3.8, 4) is 0 Å². The highest BCUT2D eigenvalue weighted by Gasteiger charge is 2.27. The minimum atomic E-state index is -0.668. The molecule has 25 heavy (non-hydrogen) atoms. The fourth-order valence-corrected chi connectivity index (χ4v) is 3.17. The molecule has 1 N–H and O–H groups in total. The summed E-state index contributed by atoms with van der Waals surface area (Å²) in [6, 6.07) is 8.98. The van der Waals surface area contributed by atoms with E-state index in [9.17, 15) is 14.4 Å². The third-order valence-corrected chi connectivity index (χ3v) is 4.67. The minimum absolute atomic E-state index is 0.0300. The lowest BCUT2D eigenvalue weighted by atomic mass is 9.98. The van der Waals surface area contributed by atoms with E-state index in [0.29, 0.717) is 18.6 Å². The smallest absolute Gasteiger partial charge is 0.328 e. The first-order chi connectivity index (χ1) is 11.8. The van der Waals surface area contributed by atoms with Gasteiger partial charge >= 0.3 is 5.97 Å². The molecule has 0 saturated heterocycles. The normalized spacial score (nSPS) is 13.2. The maximum absolute atomic E-state index is 12.7. The number of esters is 1. The van der Waals surface area contributed by atoms with E-state index in [0.717, 1.165) is 17.3 Å². The Morgan fingerprint density at radius 1 is 1.16 bits per heavy atom. The summed E-state index contributed by atoms with van der Waals surface area (Å²) in [6.07, 6.45) is 1.03. The van der Waals surface area contributed by atoms with Crippen LogP contribution >= 0.6 is 11.8 Å². The van der Waals surface area contributed by atoms with Crippen LogP contribution in [-0.4, -0.2) is 35.9 Å². The van der Waals surface area contributed by atoms with E-state index in [1.54, 1.807) is 0 Å². The van der Waals surface area contributed by atoms with Crippen LogP contribution in [-0.2, 0) is 25.5 Å². The molecule has 0 aromatic heterocycles. The molecular weight excluding hydrogens is 338 g/mol. The number of hydrogen-bond donors (Lipinski definition) is 1. The van der Waals surface area contributed by atoms with Gasteiger partial charge in [0.1, 0.15) is 6.04 Å². The Balaban J connectivity index is 2.84. The van der Waals surface area contributed by atoms with Crippen molar-refractivity contribution in [1.29, 1.82) is 0 Å². The van der Waals surface area contributed by atoms with Gasteiger partial charge in [0.25, 0.3) is 0 Å². The summed E-state index contributed by atoms with van der Waals surface area (Å²) in [5, 5.41) is 2.77. The maximum Gasteiger partial charge on any atom is 0.328 e. The summed E-state index contributed by atoms with van der Waals surface area (Å²) in [5.41, 5.74) is 1.02. The van der Waals surface area contributed by atoms with Crippen molar-refractivity contribution in [2.45, 2.75) is 39.7 Å². The molecule has 0 unspecified atom stereocenters. The molecule has 2 atom stereocenters. The van der Waals surface area contributed by atoms with Gasteiger partial charge in [0, 0.05) is 12.7 Å². The van der Waals surface area contributed by atoms with Gasteiger partial charge in [0.05, 0.1) is 13.0 Å². The highest BCUT2D eigenvalue weighted by atomic mass is 32.2. The predicted molar refractivity (Wildman–Crippen MR) is 100 cm³/mol. The lowest BCUT2D eigenvalue weighted by Gasteiger charge is -2.22. The zero-order valence-corrected chi connectivity index (χ0v) is 16.1. The van der Waals surface area contributed by atoms with E-state index in [4.69, 9.17) is 4.74 Å². The number of hydrogen-bond acceptors (Lipinski definition) is 5. The molecule has 0 aliphatic heterocycles. The van der Waals surface area contributed by atoms with Crippen LogP contribution in [0.3, 0.4) is 0 Å². The first-order valence-corrected chi connectivity index (χ1v) is 9.37. The van der Waals surface area contributed by atoms with Crippen LogP contribution in [0.15, 0.2) is 30.3 Å². The quantitative estimate of drug-likeness (QED) is 0.681. The summed E-state index contributed by atoms with van der Waals surface area (Å²) < 4.78 is 4.80. The molecule has 0 heterocycles. The topological polar surface area (TPSA) is 72.5 Å². The van der Waals surface area contributed by atoms with Gasteiger partial charge in [-0.25, -0.2) is 4.79 Å². The van der Waals surface area contributed by atoms with E-state index in [1.165, 1.54) is 14.0 Å². The van der Waals surface area contributed by atoms with Crippen molar-refractivity contribution in [1.82, 2.24) is 5.32 Å². The number of carbonyl (C=O) groups excluding carboxylic acids is 3. The highest BCUT2D eigenvalue weighted by Crippen LogP contribution is 2.17. The lowest BCUT2D eigenvalue weighted by Crippen LogP contribution is -2.46. The fraction of sp³-hybridized carbons (Fsp3) is 0.526. The number of methoxy groups -OCH3 is 1. The Bertz CT molecular complexity index is 574. The van der Waals surface area contributed by atoms with Crippen LogP contribution in [0.4, 0.5) is 0 Å². The minimum Gasteiger partial charge on any atom is -0.467 e. The maximum atomic E-state index is 12.7. The molecule has 0 aliphatic rings. The number of carbonyl (C=O) groups is 3. The van der Waals surface area contributed by atoms with Crippen LogP contribution in [0.1, 0.15) is 32.8 Å². The van der Waals surface area contributed by atoms with Gasteiger partial charge in [-0.2, -0.15) is 0 Å². The average molecular weight is 365 g/mol. The van der Waals surface area contributed by atoms with Crippen LogP contribution in [0.25, 0.3) is 0 Å². The van der Waals surface area contributed by atoms with E-state index in [1.807, 2.05) is 44.2 Å². The molecule has 0 fully saturated rings. The average Bonchev–Trinajstić information content (AvgIpc) is 2.57. The second-order valence-electron chi connectivity index (χ2n) is 6.40. The SMILES string of the molecule is COC(=O)[C@H](CC(C)C)NC(=O)[C@H](CSC(C)=O)Cc1ccccc1. The molecular formula is C19H27NO4S. The molecule has 1 amide bonds. The molecule has 1 aromatic rings. The second-order valence-corrected chi connectivity index (χ2v) is 7.60. The van der Waals surface area contributed by atoms with Gasteiger partial charge in [0.15, 0.2) is 5.12 Å². The van der Waals surface area contributed by atoms with Gasteiger partial charge < -0.3 is 10.1 Å². The standard InChI is InChI=1S/C19H27NO4S/c1-13(2)10-17(19(23)24-4)20-18(22)16(12-25-14(3)21)11-15-8-6-5-7-9-15/h5-9,13,16-17H,10-12H2,1-4H3,(H,20,22)/t16-,17-/m0/s1. The Labute approximate surface area is 153 Å². The van der Waals surface area contributed by atoms with Gasteiger partial charge in [-0.1, -0.05) is 55.9 Å². The van der Waals surface area contributed by atoms with Gasteiger partial charge in [-0.15, -0.1) is 0 Å². The van der Waals surface area contributed by atoms with Crippen molar-refractivity contribution < 1.29 is 19.1 Å². The van der Waals surface area contributed by atoms with Crippen molar-refractivity contribution in [2.24, 2.45) is 11.8 Å². The lowest BCUT2D eigenvalue weighted by molar-refractivity contribution is -0.146. The number of nitrogens with one attached hydrogen (secondary N) is 1. The molecule has 6 heteroatoms. The van der Waals surface area contributed by atoms with Gasteiger partial charge in [-0.05, 0) is 24.3 Å². The highest BCUT2D eigenvalue weighted by molar-refractivity contribution is 8.13. The van der Waals surface area contributed by atoms with Gasteiger partial charge in [-0.3, -0.25) is 9.59 Å². The monoisotopic (exact) mass is 365 g/mol. The molecule has 5 nitrogen and oxygen atoms in total. The molecule has 0 saturated carbocycles. The van der Waals surface area contributed by atoms with Crippen LogP contribution in [0, 0.1) is 11.8 Å². The van der Waals surface area contributed by atoms with Crippen molar-refractivity contribution in [2.75, 3.05) is 12.9 Å². The molecule has 0 radical (unpaired) electrons. The van der Waals surface area contributed by atoms with Crippen molar-refractivity contribution in [3.05, 3.63) is 35.9 Å². The van der Waals surface area contributed by atoms with E-state index in [-0.39, 0.29) is 16.9 Å². The van der Waals surface area contributed by atoms with Crippen LogP contribution in [0.5, 0.6) is 0 Å². The Hall–Kier alpha value is -1.82. The number of amides is 1. The predicted octanol–water partition coefficient (Wildman–Crippen LogP) is 2.83. The molecule has 0 bridgehead atoms. The summed E-state index contributed by atoms with van der Waals surface area (Å²) >= 11 is 1.13. The first kappa shape index (κ1) is 21.2. The van der Waals surface area contributed by atoms with E-state index >= 15 is 0 Å². The fourth-order valence-electron chi connectivity index (χ4n) is 2.46. The van der Waals surface area contributed by atoms with E-state index < -0.39 is 17.9 Å². The largest absolute Gasteiger partial charge is 0.467 e. The number of rotatable bonds is 9. The Morgan fingerprint density at radius 2 is 1.80 bits per heavy atom. The van der Waals surface area contributed by atoms with E-state index in [2.05, 4.69) is 5.32 Å². The zero-order valence-electron chi connectivity index (χ0n) is 15.3. The number of thioether (sulfide) groups is 1. The number of benzene rings is 1. The summed E-state index contributed by atoms with van der Waals surface area (Å²) in [6.45, 7) is 5.45. The summed E-state index contributed by atoms with van der Waals surface area (Å²) in [4.78, 5) is 36.0. The third-order valence-electron chi connectivity index (χ3n) is 3.69. The summed E-state index contributed by atoms with van der Waals surface area (Å²) in [7, 11) is 1.31. The number of ether oxygens (including phenoxy) is 1. The molecule has 0 aliphatic carbocycles. The van der Waals surface area contributed by atoms with Crippen LogP contribution in [0.2, 0.25) is 0 Å². The molecule has 138 valence electrons. The first-order valence-electron chi connectivity index (χ1n) is 8.39. The third kappa shape index (κ3) is 8.20. The molecule has 0 spiro atoms. The summed E-state index contributed by atoms with van der Waals surface area (Å²) in [5.74, 6) is -0.446. The molecule has 1 aromatic carbocycles. The van der Waals surface area contributed by atoms with Crippen LogP contribution < -0.4 is 5.32 Å². The second kappa shape index (κ2) is 10.9.